The van der Waals surface area contributed by atoms with Gasteiger partial charge >= 0.3 is 0 Å². The molecule has 4 heteroatoms. The van der Waals surface area contributed by atoms with Crippen LogP contribution < -0.4 is 14.8 Å². The summed E-state index contributed by atoms with van der Waals surface area (Å²) in [5.41, 5.74) is 2.31. The lowest BCUT2D eigenvalue weighted by Crippen LogP contribution is -2.24. The average molecular weight is 313 g/mol. The molecule has 0 bridgehead atoms. The van der Waals surface area contributed by atoms with Crippen LogP contribution in [0.5, 0.6) is 11.5 Å². The molecule has 2 aromatic rings. The van der Waals surface area contributed by atoms with Crippen molar-refractivity contribution in [2.24, 2.45) is 0 Å². The van der Waals surface area contributed by atoms with Crippen molar-refractivity contribution in [2.75, 3.05) is 13.7 Å². The van der Waals surface area contributed by atoms with Gasteiger partial charge in [0, 0.05) is 6.54 Å². The molecule has 2 rings (SSSR count). The van der Waals surface area contributed by atoms with Gasteiger partial charge in [-0.05, 0) is 41.8 Å². The largest absolute Gasteiger partial charge is 0.497 e. The molecular formula is C19H23NO3. The van der Waals surface area contributed by atoms with E-state index in [0.29, 0.717) is 19.6 Å². The molecule has 0 unspecified atom stereocenters. The van der Waals surface area contributed by atoms with Crippen LogP contribution in [0.3, 0.4) is 0 Å². The second kappa shape index (κ2) is 8.83. The van der Waals surface area contributed by atoms with Crippen molar-refractivity contribution in [3.05, 3.63) is 59.7 Å². The first-order valence-corrected chi connectivity index (χ1v) is 7.82. The molecule has 0 spiro atoms. The minimum atomic E-state index is -0.0222. The van der Waals surface area contributed by atoms with Crippen LogP contribution >= 0.6 is 0 Å². The van der Waals surface area contributed by atoms with E-state index in [0.717, 1.165) is 23.5 Å². The highest BCUT2D eigenvalue weighted by Gasteiger charge is 2.03. The zero-order chi connectivity index (χ0) is 16.5. The molecule has 0 saturated heterocycles. The molecule has 1 amide bonds. The Hall–Kier alpha value is -2.49. The molecular weight excluding hydrogens is 290 g/mol. The molecule has 0 saturated carbocycles. The van der Waals surface area contributed by atoms with Crippen molar-refractivity contribution >= 4 is 5.91 Å². The second-order valence-electron chi connectivity index (χ2n) is 5.22. The zero-order valence-corrected chi connectivity index (χ0v) is 13.7. The van der Waals surface area contributed by atoms with Gasteiger partial charge in [-0.3, -0.25) is 4.79 Å². The molecule has 1 N–H and O–H groups in total. The first-order chi connectivity index (χ1) is 11.2. The second-order valence-corrected chi connectivity index (χ2v) is 5.22. The van der Waals surface area contributed by atoms with Gasteiger partial charge in [0.2, 0.25) is 5.91 Å². The minimum Gasteiger partial charge on any atom is -0.497 e. The van der Waals surface area contributed by atoms with Gasteiger partial charge < -0.3 is 14.8 Å². The topological polar surface area (TPSA) is 47.6 Å². The van der Waals surface area contributed by atoms with E-state index in [1.807, 2.05) is 48.5 Å². The van der Waals surface area contributed by atoms with Crippen molar-refractivity contribution in [2.45, 2.75) is 26.3 Å². The monoisotopic (exact) mass is 313 g/mol. The Kier molecular flexibility index (Phi) is 6.48. The number of aryl methyl sites for hydroxylation is 1. The Bertz CT molecular complexity index is 606. The fraction of sp³-hybridized carbons (Fsp3) is 0.316. The van der Waals surface area contributed by atoms with Gasteiger partial charge in [-0.2, -0.15) is 0 Å². The summed E-state index contributed by atoms with van der Waals surface area (Å²) < 4.78 is 10.7. The third-order valence-electron chi connectivity index (χ3n) is 3.58. The van der Waals surface area contributed by atoms with Crippen LogP contribution in [-0.2, 0) is 17.8 Å². The Morgan fingerprint density at radius 3 is 2.17 bits per heavy atom. The SMILES string of the molecule is CCc1ccc(OCCC(=O)NCc2ccc(OC)cc2)cc1. The van der Waals surface area contributed by atoms with Crippen molar-refractivity contribution in [1.82, 2.24) is 5.32 Å². The fourth-order valence-electron chi connectivity index (χ4n) is 2.12. The molecule has 23 heavy (non-hydrogen) atoms. The van der Waals surface area contributed by atoms with E-state index in [9.17, 15) is 4.79 Å². The Labute approximate surface area is 137 Å². The van der Waals surface area contributed by atoms with Crippen LogP contribution in [-0.4, -0.2) is 19.6 Å². The third kappa shape index (κ3) is 5.66. The van der Waals surface area contributed by atoms with Gasteiger partial charge in [0.1, 0.15) is 11.5 Å². The lowest BCUT2D eigenvalue weighted by molar-refractivity contribution is -0.121. The summed E-state index contributed by atoms with van der Waals surface area (Å²) in [7, 11) is 1.63. The number of amides is 1. The molecule has 0 aliphatic rings. The highest BCUT2D eigenvalue weighted by Crippen LogP contribution is 2.13. The van der Waals surface area contributed by atoms with E-state index in [-0.39, 0.29) is 5.91 Å². The number of benzene rings is 2. The number of ether oxygens (including phenoxy) is 2. The Balaban J connectivity index is 1.67. The van der Waals surface area contributed by atoms with Crippen molar-refractivity contribution in [1.29, 1.82) is 0 Å². The van der Waals surface area contributed by atoms with Crippen LogP contribution in [0.25, 0.3) is 0 Å². The molecule has 0 aliphatic carbocycles. The number of hydrogen-bond donors (Lipinski definition) is 1. The maximum absolute atomic E-state index is 11.8. The van der Waals surface area contributed by atoms with E-state index >= 15 is 0 Å². The summed E-state index contributed by atoms with van der Waals surface area (Å²) >= 11 is 0. The van der Waals surface area contributed by atoms with E-state index in [1.165, 1.54) is 5.56 Å². The first-order valence-electron chi connectivity index (χ1n) is 7.82. The predicted octanol–water partition coefficient (Wildman–Crippen LogP) is 3.34. The highest BCUT2D eigenvalue weighted by atomic mass is 16.5. The van der Waals surface area contributed by atoms with E-state index in [2.05, 4.69) is 12.2 Å². The minimum absolute atomic E-state index is 0.0222. The molecule has 0 atom stereocenters. The summed E-state index contributed by atoms with van der Waals surface area (Å²) in [6.07, 6.45) is 1.35. The maximum atomic E-state index is 11.8. The Morgan fingerprint density at radius 1 is 0.957 bits per heavy atom. The van der Waals surface area contributed by atoms with Crippen molar-refractivity contribution in [3.63, 3.8) is 0 Å². The summed E-state index contributed by atoms with van der Waals surface area (Å²) in [5, 5.41) is 2.88. The molecule has 0 aliphatic heterocycles. The van der Waals surface area contributed by atoms with Crippen LogP contribution in [0.15, 0.2) is 48.5 Å². The van der Waals surface area contributed by atoms with E-state index < -0.39 is 0 Å². The van der Waals surface area contributed by atoms with E-state index in [1.54, 1.807) is 7.11 Å². The van der Waals surface area contributed by atoms with Crippen LogP contribution in [0.4, 0.5) is 0 Å². The lowest BCUT2D eigenvalue weighted by atomic mass is 10.2. The predicted molar refractivity (Wildman–Crippen MR) is 90.8 cm³/mol. The number of rotatable bonds is 8. The van der Waals surface area contributed by atoms with Gasteiger partial charge in [0.25, 0.3) is 0 Å². The molecule has 0 aromatic heterocycles. The smallest absolute Gasteiger partial charge is 0.223 e. The van der Waals surface area contributed by atoms with Crippen molar-refractivity contribution < 1.29 is 14.3 Å². The molecule has 122 valence electrons. The number of carbonyl (C=O) groups is 1. The molecule has 0 fully saturated rings. The molecule has 2 aromatic carbocycles. The molecule has 4 nitrogen and oxygen atoms in total. The first kappa shape index (κ1) is 16.9. The van der Waals surface area contributed by atoms with Crippen molar-refractivity contribution in [3.8, 4) is 11.5 Å². The zero-order valence-electron chi connectivity index (χ0n) is 13.7. The number of methoxy groups -OCH3 is 1. The molecule has 0 radical (unpaired) electrons. The van der Waals surface area contributed by atoms with Crippen LogP contribution in [0.2, 0.25) is 0 Å². The molecule has 0 heterocycles. The number of carbonyl (C=O) groups excluding carboxylic acids is 1. The van der Waals surface area contributed by atoms with Gasteiger partial charge in [-0.15, -0.1) is 0 Å². The summed E-state index contributed by atoms with van der Waals surface area (Å²) in [5.74, 6) is 1.58. The summed E-state index contributed by atoms with van der Waals surface area (Å²) in [6.45, 7) is 3.00. The van der Waals surface area contributed by atoms with Gasteiger partial charge in [-0.1, -0.05) is 31.2 Å². The van der Waals surface area contributed by atoms with Crippen LogP contribution in [0, 0.1) is 0 Å². The van der Waals surface area contributed by atoms with Gasteiger partial charge in [-0.25, -0.2) is 0 Å². The third-order valence-corrected chi connectivity index (χ3v) is 3.58. The maximum Gasteiger partial charge on any atom is 0.223 e. The van der Waals surface area contributed by atoms with E-state index in [4.69, 9.17) is 9.47 Å². The summed E-state index contributed by atoms with van der Waals surface area (Å²) in [6, 6.07) is 15.6. The fourth-order valence-corrected chi connectivity index (χ4v) is 2.12. The number of nitrogens with one attached hydrogen (secondary N) is 1. The Morgan fingerprint density at radius 2 is 1.57 bits per heavy atom. The summed E-state index contributed by atoms with van der Waals surface area (Å²) in [4.78, 5) is 11.8. The quantitative estimate of drug-likeness (QED) is 0.813. The van der Waals surface area contributed by atoms with Crippen LogP contribution in [0.1, 0.15) is 24.5 Å². The van der Waals surface area contributed by atoms with Gasteiger partial charge in [0.15, 0.2) is 0 Å². The normalized spacial score (nSPS) is 10.2. The van der Waals surface area contributed by atoms with Gasteiger partial charge in [0.05, 0.1) is 20.1 Å². The highest BCUT2D eigenvalue weighted by molar-refractivity contribution is 5.76. The average Bonchev–Trinajstić information content (AvgIpc) is 2.61. The standard InChI is InChI=1S/C19H23NO3/c1-3-15-4-10-18(11-5-15)23-13-12-19(21)20-14-16-6-8-17(22-2)9-7-16/h4-11H,3,12-14H2,1-2H3,(H,20,21). The lowest BCUT2D eigenvalue weighted by Gasteiger charge is -2.08. The number of hydrogen-bond acceptors (Lipinski definition) is 3.